The third-order valence-electron chi connectivity index (χ3n) is 4.71. The number of hydrogen-bond donors (Lipinski definition) is 1. The number of halogens is 1. The largest absolute Gasteiger partial charge is 0.339 e. The van der Waals surface area contributed by atoms with Crippen LogP contribution in [-0.2, 0) is 6.54 Å². The minimum atomic E-state index is -0.252. The summed E-state index contributed by atoms with van der Waals surface area (Å²) in [6.45, 7) is 3.02. The van der Waals surface area contributed by atoms with Crippen LogP contribution in [0.15, 0.2) is 28.8 Å². The van der Waals surface area contributed by atoms with Gasteiger partial charge in [0, 0.05) is 17.6 Å². The van der Waals surface area contributed by atoms with Crippen molar-refractivity contribution in [3.05, 3.63) is 35.7 Å². The van der Waals surface area contributed by atoms with Gasteiger partial charge in [-0.05, 0) is 39.4 Å². The van der Waals surface area contributed by atoms with Gasteiger partial charge in [0.05, 0.1) is 5.92 Å². The quantitative estimate of drug-likeness (QED) is 0.912. The number of benzene rings is 1. The summed E-state index contributed by atoms with van der Waals surface area (Å²) < 4.78 is 5.54. The Morgan fingerprint density at radius 2 is 1.96 bits per heavy atom. The number of hydrogen-bond acceptors (Lipinski definition) is 5. The van der Waals surface area contributed by atoms with Crippen molar-refractivity contribution in [2.24, 2.45) is 5.73 Å². The van der Waals surface area contributed by atoms with E-state index in [-0.39, 0.29) is 23.9 Å². The molecule has 1 aliphatic rings. The molecule has 132 valence electrons. The van der Waals surface area contributed by atoms with Crippen LogP contribution in [0, 0.1) is 0 Å². The molecule has 1 aromatic heterocycles. The lowest BCUT2D eigenvalue weighted by Gasteiger charge is -2.35. The minimum Gasteiger partial charge on any atom is -0.339 e. The van der Waals surface area contributed by atoms with Crippen LogP contribution in [-0.4, -0.2) is 34.7 Å². The molecule has 2 unspecified atom stereocenters. The third-order valence-corrected chi connectivity index (χ3v) is 4.71. The Bertz CT molecular complexity index is 651. The zero-order valence-electron chi connectivity index (χ0n) is 14.7. The molecule has 0 radical (unpaired) electrons. The molecule has 0 saturated heterocycles. The molecule has 5 nitrogen and oxygen atoms in total. The highest BCUT2D eigenvalue weighted by molar-refractivity contribution is 5.85. The average molecular weight is 351 g/mol. The van der Waals surface area contributed by atoms with Gasteiger partial charge in [-0.2, -0.15) is 4.98 Å². The molecule has 1 aromatic carbocycles. The van der Waals surface area contributed by atoms with Crippen LogP contribution in [0.4, 0.5) is 0 Å². The second kappa shape index (κ2) is 7.64. The topological polar surface area (TPSA) is 68.2 Å². The summed E-state index contributed by atoms with van der Waals surface area (Å²) in [5.74, 6) is 1.49. The maximum atomic E-state index is 6.44. The fourth-order valence-corrected chi connectivity index (χ4v) is 3.38. The molecule has 3 rings (SSSR count). The van der Waals surface area contributed by atoms with Crippen molar-refractivity contribution in [2.45, 2.75) is 50.6 Å². The first-order chi connectivity index (χ1) is 11.0. The standard InChI is InChI=1S/C18H26N4O.ClH/c1-18(19)11-5-4-6-15(18)17-20-16(21-23-17)14-9-7-13(8-10-14)12-22(2)3;/h7-10,15H,4-6,11-12,19H2,1-3H3;1H. The molecule has 1 saturated carbocycles. The maximum absolute atomic E-state index is 6.44. The molecule has 0 spiro atoms. The SMILES string of the molecule is CN(C)Cc1ccc(-c2noc(C3CCCCC3(C)N)n2)cc1.Cl. The maximum Gasteiger partial charge on any atom is 0.231 e. The van der Waals surface area contributed by atoms with Gasteiger partial charge in [-0.25, -0.2) is 0 Å². The van der Waals surface area contributed by atoms with Gasteiger partial charge in [0.25, 0.3) is 0 Å². The number of nitrogens with zero attached hydrogens (tertiary/aromatic N) is 3. The Morgan fingerprint density at radius 3 is 2.58 bits per heavy atom. The van der Waals surface area contributed by atoms with Crippen LogP contribution < -0.4 is 5.73 Å². The first-order valence-electron chi connectivity index (χ1n) is 8.32. The van der Waals surface area contributed by atoms with E-state index in [1.54, 1.807) is 0 Å². The highest BCUT2D eigenvalue weighted by Crippen LogP contribution is 2.38. The van der Waals surface area contributed by atoms with E-state index in [2.05, 4.69) is 60.3 Å². The summed E-state index contributed by atoms with van der Waals surface area (Å²) in [6.07, 6.45) is 4.39. The van der Waals surface area contributed by atoms with Crippen molar-refractivity contribution >= 4 is 12.4 Å². The predicted octanol–water partition coefficient (Wildman–Crippen LogP) is 3.60. The van der Waals surface area contributed by atoms with Crippen LogP contribution in [0.5, 0.6) is 0 Å². The van der Waals surface area contributed by atoms with Crippen LogP contribution in [0.1, 0.15) is 50.0 Å². The Hall–Kier alpha value is -1.43. The molecular formula is C18H27ClN4O. The van der Waals surface area contributed by atoms with E-state index in [9.17, 15) is 0 Å². The fraction of sp³-hybridized carbons (Fsp3) is 0.556. The van der Waals surface area contributed by atoms with Crippen molar-refractivity contribution in [3.8, 4) is 11.4 Å². The van der Waals surface area contributed by atoms with Crippen molar-refractivity contribution in [2.75, 3.05) is 14.1 Å². The van der Waals surface area contributed by atoms with E-state index >= 15 is 0 Å². The molecule has 24 heavy (non-hydrogen) atoms. The molecule has 1 heterocycles. The molecule has 6 heteroatoms. The van der Waals surface area contributed by atoms with Crippen molar-refractivity contribution < 1.29 is 4.52 Å². The highest BCUT2D eigenvalue weighted by Gasteiger charge is 2.37. The third kappa shape index (κ3) is 4.15. The summed E-state index contributed by atoms with van der Waals surface area (Å²) in [4.78, 5) is 6.77. The van der Waals surface area contributed by atoms with Crippen molar-refractivity contribution in [1.29, 1.82) is 0 Å². The van der Waals surface area contributed by atoms with E-state index in [0.717, 1.165) is 24.9 Å². The molecule has 1 aliphatic carbocycles. The second-order valence-corrected chi connectivity index (χ2v) is 7.20. The lowest BCUT2D eigenvalue weighted by atomic mass is 9.74. The monoisotopic (exact) mass is 350 g/mol. The lowest BCUT2D eigenvalue weighted by Crippen LogP contribution is -2.44. The molecule has 1 fully saturated rings. The lowest BCUT2D eigenvalue weighted by molar-refractivity contribution is 0.223. The molecule has 0 bridgehead atoms. The van der Waals surface area contributed by atoms with Gasteiger partial charge >= 0.3 is 0 Å². The van der Waals surface area contributed by atoms with Gasteiger partial charge in [0.2, 0.25) is 11.7 Å². The van der Waals surface area contributed by atoms with Gasteiger partial charge in [-0.15, -0.1) is 12.4 Å². The Morgan fingerprint density at radius 1 is 1.25 bits per heavy atom. The minimum absolute atomic E-state index is 0. The highest BCUT2D eigenvalue weighted by atomic mass is 35.5. The smallest absolute Gasteiger partial charge is 0.231 e. The summed E-state index contributed by atoms with van der Waals surface area (Å²) in [5.41, 5.74) is 8.43. The van der Waals surface area contributed by atoms with Crippen molar-refractivity contribution in [1.82, 2.24) is 15.0 Å². The van der Waals surface area contributed by atoms with Crippen LogP contribution in [0.2, 0.25) is 0 Å². The van der Waals surface area contributed by atoms with E-state index in [4.69, 9.17) is 10.3 Å². The van der Waals surface area contributed by atoms with Crippen LogP contribution in [0.25, 0.3) is 11.4 Å². The van der Waals surface area contributed by atoms with Gasteiger partial charge in [-0.1, -0.05) is 42.3 Å². The average Bonchev–Trinajstić information content (AvgIpc) is 2.96. The van der Waals surface area contributed by atoms with Crippen LogP contribution >= 0.6 is 12.4 Å². The number of nitrogens with two attached hydrogens (primary N) is 1. The molecule has 0 amide bonds. The van der Waals surface area contributed by atoms with E-state index in [1.807, 2.05) is 0 Å². The van der Waals surface area contributed by atoms with Crippen LogP contribution in [0.3, 0.4) is 0 Å². The van der Waals surface area contributed by atoms with Crippen molar-refractivity contribution in [3.63, 3.8) is 0 Å². The second-order valence-electron chi connectivity index (χ2n) is 7.20. The molecule has 0 aliphatic heterocycles. The van der Waals surface area contributed by atoms with E-state index in [1.165, 1.54) is 18.4 Å². The first-order valence-corrected chi connectivity index (χ1v) is 8.32. The summed E-state index contributed by atoms with van der Waals surface area (Å²) in [7, 11) is 4.13. The predicted molar refractivity (Wildman–Crippen MR) is 98.2 cm³/mol. The van der Waals surface area contributed by atoms with Gasteiger partial charge < -0.3 is 15.2 Å². The first kappa shape index (κ1) is 18.9. The number of rotatable bonds is 4. The molecule has 2 atom stereocenters. The fourth-order valence-electron chi connectivity index (χ4n) is 3.38. The summed E-state index contributed by atoms with van der Waals surface area (Å²) >= 11 is 0. The van der Waals surface area contributed by atoms with Gasteiger partial charge in [0.1, 0.15) is 0 Å². The summed E-state index contributed by atoms with van der Waals surface area (Å²) in [6, 6.07) is 8.32. The van der Waals surface area contributed by atoms with Gasteiger partial charge in [-0.3, -0.25) is 0 Å². The Labute approximate surface area is 150 Å². The summed E-state index contributed by atoms with van der Waals surface area (Å²) in [5, 5.41) is 4.17. The van der Waals surface area contributed by atoms with E-state index < -0.39 is 0 Å². The van der Waals surface area contributed by atoms with E-state index in [0.29, 0.717) is 11.7 Å². The zero-order chi connectivity index (χ0) is 16.4. The van der Waals surface area contributed by atoms with Gasteiger partial charge in [0.15, 0.2) is 0 Å². The normalized spacial score (nSPS) is 24.0. The molecular weight excluding hydrogens is 324 g/mol. The molecule has 2 aromatic rings. The Kier molecular flexibility index (Phi) is 6.01. The Balaban J connectivity index is 0.00000208. The molecule has 2 N–H and O–H groups in total. The number of aromatic nitrogens is 2. The zero-order valence-corrected chi connectivity index (χ0v) is 15.5.